The standard InChI is InChI=1S/C13H20N2O4/c1-13(2,3)19-12(16)15-11-7-10(17-4)6-5-9(11)8-18-14/h5-7H,8,14H2,1-4H3,(H,15,16). The molecule has 0 atom stereocenters. The van der Waals surface area contributed by atoms with Crippen molar-refractivity contribution < 1.29 is 19.1 Å². The Hall–Kier alpha value is -1.79. The first-order valence-electron chi connectivity index (χ1n) is 5.84. The van der Waals surface area contributed by atoms with Gasteiger partial charge in [-0.2, -0.15) is 0 Å². The number of hydrogen-bond acceptors (Lipinski definition) is 5. The summed E-state index contributed by atoms with van der Waals surface area (Å²) in [5, 5.41) is 2.65. The first-order valence-corrected chi connectivity index (χ1v) is 5.84. The molecular weight excluding hydrogens is 248 g/mol. The summed E-state index contributed by atoms with van der Waals surface area (Å²) in [5.74, 6) is 5.67. The summed E-state index contributed by atoms with van der Waals surface area (Å²) >= 11 is 0. The van der Waals surface area contributed by atoms with Crippen LogP contribution < -0.4 is 16.0 Å². The topological polar surface area (TPSA) is 82.8 Å². The van der Waals surface area contributed by atoms with Crippen LogP contribution in [-0.4, -0.2) is 18.8 Å². The minimum atomic E-state index is -0.562. The molecule has 0 fully saturated rings. The summed E-state index contributed by atoms with van der Waals surface area (Å²) in [7, 11) is 1.55. The van der Waals surface area contributed by atoms with Crippen molar-refractivity contribution in [1.29, 1.82) is 0 Å². The molecule has 0 aliphatic rings. The zero-order valence-electron chi connectivity index (χ0n) is 11.6. The number of carbonyl (C=O) groups is 1. The van der Waals surface area contributed by atoms with E-state index in [4.69, 9.17) is 15.4 Å². The van der Waals surface area contributed by atoms with Gasteiger partial charge in [-0.05, 0) is 26.8 Å². The number of methoxy groups -OCH3 is 1. The second kappa shape index (κ2) is 6.40. The lowest BCUT2D eigenvalue weighted by Gasteiger charge is -2.20. The smallest absolute Gasteiger partial charge is 0.412 e. The maximum absolute atomic E-state index is 11.7. The summed E-state index contributed by atoms with van der Waals surface area (Å²) in [6, 6.07) is 5.20. The Morgan fingerprint density at radius 3 is 2.58 bits per heavy atom. The molecule has 0 saturated carbocycles. The van der Waals surface area contributed by atoms with Gasteiger partial charge in [-0.1, -0.05) is 6.07 Å². The quantitative estimate of drug-likeness (QED) is 0.819. The largest absolute Gasteiger partial charge is 0.497 e. The summed E-state index contributed by atoms with van der Waals surface area (Å²) in [6.45, 7) is 5.56. The number of nitrogens with two attached hydrogens (primary N) is 1. The van der Waals surface area contributed by atoms with Gasteiger partial charge in [-0.25, -0.2) is 10.7 Å². The van der Waals surface area contributed by atoms with Gasteiger partial charge in [0.1, 0.15) is 11.4 Å². The number of anilines is 1. The number of benzene rings is 1. The fourth-order valence-corrected chi connectivity index (χ4v) is 1.43. The number of nitrogens with one attached hydrogen (secondary N) is 1. The van der Waals surface area contributed by atoms with Crippen LogP contribution in [0.3, 0.4) is 0 Å². The van der Waals surface area contributed by atoms with Crippen molar-refractivity contribution in [1.82, 2.24) is 0 Å². The highest BCUT2D eigenvalue weighted by Gasteiger charge is 2.17. The van der Waals surface area contributed by atoms with E-state index in [0.29, 0.717) is 11.4 Å². The number of hydrogen-bond donors (Lipinski definition) is 2. The molecule has 0 spiro atoms. The van der Waals surface area contributed by atoms with Gasteiger partial charge < -0.3 is 9.47 Å². The molecule has 0 saturated heterocycles. The van der Waals surface area contributed by atoms with E-state index in [1.54, 1.807) is 46.1 Å². The highest BCUT2D eigenvalue weighted by Crippen LogP contribution is 2.23. The molecule has 0 aliphatic carbocycles. The zero-order valence-corrected chi connectivity index (χ0v) is 11.6. The summed E-state index contributed by atoms with van der Waals surface area (Å²) in [5.41, 5.74) is 0.709. The molecule has 0 aromatic heterocycles. The van der Waals surface area contributed by atoms with Gasteiger partial charge in [0.25, 0.3) is 0 Å². The molecule has 3 N–H and O–H groups in total. The third kappa shape index (κ3) is 5.15. The van der Waals surface area contributed by atoms with Crippen molar-refractivity contribution >= 4 is 11.8 Å². The fourth-order valence-electron chi connectivity index (χ4n) is 1.43. The van der Waals surface area contributed by atoms with E-state index < -0.39 is 11.7 Å². The lowest BCUT2D eigenvalue weighted by Crippen LogP contribution is -2.27. The second-order valence-corrected chi connectivity index (χ2v) is 4.96. The van der Waals surface area contributed by atoms with Crippen LogP contribution in [0.15, 0.2) is 18.2 Å². The molecule has 0 radical (unpaired) electrons. The van der Waals surface area contributed by atoms with Gasteiger partial charge in [-0.15, -0.1) is 0 Å². The number of amides is 1. The van der Waals surface area contributed by atoms with E-state index in [-0.39, 0.29) is 6.61 Å². The fraction of sp³-hybridized carbons (Fsp3) is 0.462. The maximum Gasteiger partial charge on any atom is 0.412 e. The molecule has 0 bridgehead atoms. The third-order valence-corrected chi connectivity index (χ3v) is 2.19. The molecule has 6 nitrogen and oxygen atoms in total. The summed E-state index contributed by atoms with van der Waals surface area (Å²) in [4.78, 5) is 16.3. The monoisotopic (exact) mass is 268 g/mol. The highest BCUT2D eigenvalue weighted by molar-refractivity contribution is 5.86. The average Bonchev–Trinajstić information content (AvgIpc) is 2.29. The van der Waals surface area contributed by atoms with Crippen molar-refractivity contribution in [2.75, 3.05) is 12.4 Å². The van der Waals surface area contributed by atoms with Gasteiger partial charge >= 0.3 is 6.09 Å². The predicted octanol–water partition coefficient (Wildman–Crippen LogP) is 2.43. The molecule has 1 amide bonds. The Kier molecular flexibility index (Phi) is 5.14. The molecule has 0 unspecified atom stereocenters. The summed E-state index contributed by atoms with van der Waals surface area (Å²) in [6.07, 6.45) is -0.543. The maximum atomic E-state index is 11.7. The Morgan fingerprint density at radius 2 is 2.05 bits per heavy atom. The second-order valence-electron chi connectivity index (χ2n) is 4.96. The Labute approximate surface area is 112 Å². The van der Waals surface area contributed by atoms with Crippen molar-refractivity contribution in [2.24, 2.45) is 5.90 Å². The SMILES string of the molecule is COc1ccc(CON)c(NC(=O)OC(C)(C)C)c1. The Bertz CT molecular complexity index is 441. The molecular formula is C13H20N2O4. The molecule has 106 valence electrons. The van der Waals surface area contributed by atoms with Crippen LogP contribution in [0.1, 0.15) is 26.3 Å². The lowest BCUT2D eigenvalue weighted by molar-refractivity contribution is 0.0635. The minimum Gasteiger partial charge on any atom is -0.497 e. The Balaban J connectivity index is 2.87. The molecule has 1 aromatic rings. The molecule has 0 heterocycles. The number of carbonyl (C=O) groups excluding carboxylic acids is 1. The van der Waals surface area contributed by atoms with Crippen LogP contribution in [0.5, 0.6) is 5.75 Å². The predicted molar refractivity (Wildman–Crippen MR) is 71.8 cm³/mol. The van der Waals surface area contributed by atoms with E-state index in [1.807, 2.05) is 0 Å². The van der Waals surface area contributed by atoms with Gasteiger partial charge in [0.15, 0.2) is 0 Å². The van der Waals surface area contributed by atoms with E-state index in [0.717, 1.165) is 5.56 Å². The molecule has 0 aliphatic heterocycles. The van der Waals surface area contributed by atoms with Crippen LogP contribution >= 0.6 is 0 Å². The van der Waals surface area contributed by atoms with Gasteiger partial charge in [0, 0.05) is 11.6 Å². The normalized spacial score (nSPS) is 11.0. The van der Waals surface area contributed by atoms with E-state index in [2.05, 4.69) is 10.2 Å². The van der Waals surface area contributed by atoms with Crippen molar-refractivity contribution in [2.45, 2.75) is 33.0 Å². The lowest BCUT2D eigenvalue weighted by atomic mass is 10.2. The molecule has 1 aromatic carbocycles. The van der Waals surface area contributed by atoms with Crippen molar-refractivity contribution in [3.63, 3.8) is 0 Å². The minimum absolute atomic E-state index is 0.176. The van der Waals surface area contributed by atoms with Crippen LogP contribution in [0.2, 0.25) is 0 Å². The van der Waals surface area contributed by atoms with Crippen LogP contribution in [0.4, 0.5) is 10.5 Å². The van der Waals surface area contributed by atoms with Gasteiger partial charge in [0.05, 0.1) is 19.4 Å². The van der Waals surface area contributed by atoms with Crippen molar-refractivity contribution in [3.05, 3.63) is 23.8 Å². The summed E-state index contributed by atoms with van der Waals surface area (Å²) < 4.78 is 10.3. The molecule has 6 heteroatoms. The average molecular weight is 268 g/mol. The Morgan fingerprint density at radius 1 is 1.37 bits per heavy atom. The van der Waals surface area contributed by atoms with Crippen LogP contribution in [0.25, 0.3) is 0 Å². The first kappa shape index (κ1) is 15.3. The van der Waals surface area contributed by atoms with Crippen LogP contribution in [-0.2, 0) is 16.2 Å². The van der Waals surface area contributed by atoms with Crippen molar-refractivity contribution in [3.8, 4) is 5.75 Å². The first-order chi connectivity index (χ1) is 8.85. The molecule has 1 rings (SSSR count). The van der Waals surface area contributed by atoms with Crippen LogP contribution in [0, 0.1) is 0 Å². The van der Waals surface area contributed by atoms with E-state index in [9.17, 15) is 4.79 Å². The van der Waals surface area contributed by atoms with E-state index >= 15 is 0 Å². The zero-order chi connectivity index (χ0) is 14.5. The number of ether oxygens (including phenoxy) is 2. The molecule has 19 heavy (non-hydrogen) atoms. The third-order valence-electron chi connectivity index (χ3n) is 2.19. The number of rotatable bonds is 4. The van der Waals surface area contributed by atoms with Gasteiger partial charge in [-0.3, -0.25) is 10.2 Å². The van der Waals surface area contributed by atoms with Gasteiger partial charge in [0.2, 0.25) is 0 Å². The van der Waals surface area contributed by atoms with E-state index in [1.165, 1.54) is 0 Å². The highest BCUT2D eigenvalue weighted by atomic mass is 16.6.